The van der Waals surface area contributed by atoms with Crippen molar-refractivity contribution >= 4 is 17.5 Å². The van der Waals surface area contributed by atoms with Gasteiger partial charge in [-0.1, -0.05) is 17.7 Å². The van der Waals surface area contributed by atoms with Crippen molar-refractivity contribution in [3.63, 3.8) is 0 Å². The molecule has 0 bridgehead atoms. The van der Waals surface area contributed by atoms with Gasteiger partial charge in [0.15, 0.2) is 0 Å². The normalized spacial score (nSPS) is 10.3. The summed E-state index contributed by atoms with van der Waals surface area (Å²) in [5.41, 5.74) is 2.97. The molecule has 2 aromatic rings. The average Bonchev–Trinajstić information content (AvgIpc) is 2.38. The molecule has 0 aliphatic carbocycles. The first-order valence-electron chi connectivity index (χ1n) is 6.00. The monoisotopic (exact) mass is 256 g/mol. The van der Waals surface area contributed by atoms with Gasteiger partial charge in [-0.3, -0.25) is 0 Å². The van der Waals surface area contributed by atoms with E-state index >= 15 is 0 Å². The van der Waals surface area contributed by atoms with Crippen LogP contribution in [-0.2, 0) is 0 Å². The van der Waals surface area contributed by atoms with Gasteiger partial charge in [0.25, 0.3) is 0 Å². The molecule has 1 aromatic heterocycles. The lowest BCUT2D eigenvalue weighted by molar-refractivity contribution is 0.0695. The van der Waals surface area contributed by atoms with Crippen LogP contribution in [0.5, 0.6) is 0 Å². The Kier molecular flexibility index (Phi) is 3.51. The first-order chi connectivity index (χ1) is 8.99. The molecule has 4 heteroatoms. The van der Waals surface area contributed by atoms with Crippen LogP contribution in [0.15, 0.2) is 36.4 Å². The first-order valence-corrected chi connectivity index (χ1v) is 6.00. The highest BCUT2D eigenvalue weighted by molar-refractivity contribution is 5.89. The molecular weight excluding hydrogens is 240 g/mol. The van der Waals surface area contributed by atoms with Gasteiger partial charge < -0.3 is 10.0 Å². The van der Waals surface area contributed by atoms with Gasteiger partial charge in [0, 0.05) is 12.7 Å². The molecule has 4 nitrogen and oxygen atoms in total. The Morgan fingerprint density at radius 3 is 2.26 bits per heavy atom. The smallest absolute Gasteiger partial charge is 0.337 e. The van der Waals surface area contributed by atoms with Crippen molar-refractivity contribution in [2.45, 2.75) is 13.8 Å². The molecule has 0 saturated heterocycles. The van der Waals surface area contributed by atoms with Gasteiger partial charge in [-0.15, -0.1) is 0 Å². The van der Waals surface area contributed by atoms with E-state index in [-0.39, 0.29) is 5.56 Å². The summed E-state index contributed by atoms with van der Waals surface area (Å²) in [7, 11) is 1.91. The number of benzene rings is 1. The fourth-order valence-electron chi connectivity index (χ4n) is 1.86. The Bertz CT molecular complexity index is 606. The minimum absolute atomic E-state index is 0.237. The zero-order valence-corrected chi connectivity index (χ0v) is 11.2. The number of hydrogen-bond acceptors (Lipinski definition) is 3. The van der Waals surface area contributed by atoms with Crippen molar-refractivity contribution < 1.29 is 9.90 Å². The van der Waals surface area contributed by atoms with Crippen LogP contribution in [0.3, 0.4) is 0 Å². The van der Waals surface area contributed by atoms with Crippen LogP contribution in [0.25, 0.3) is 0 Å². The van der Waals surface area contributed by atoms with E-state index in [9.17, 15) is 4.79 Å². The van der Waals surface area contributed by atoms with Gasteiger partial charge in [-0.25, -0.2) is 9.78 Å². The van der Waals surface area contributed by atoms with Crippen molar-refractivity contribution in [1.29, 1.82) is 0 Å². The van der Waals surface area contributed by atoms with Crippen molar-refractivity contribution in [1.82, 2.24) is 4.98 Å². The number of aromatic carboxylic acids is 1. The highest BCUT2D eigenvalue weighted by Crippen LogP contribution is 2.23. The number of pyridine rings is 1. The third kappa shape index (κ3) is 2.73. The summed E-state index contributed by atoms with van der Waals surface area (Å²) >= 11 is 0. The van der Waals surface area contributed by atoms with Crippen molar-refractivity contribution in [2.75, 3.05) is 11.9 Å². The Hall–Kier alpha value is -2.36. The third-order valence-electron chi connectivity index (χ3n) is 3.07. The Morgan fingerprint density at radius 1 is 1.11 bits per heavy atom. The maximum Gasteiger partial charge on any atom is 0.337 e. The number of carboxylic acids is 1. The molecular formula is C15H16N2O2. The highest BCUT2D eigenvalue weighted by Gasteiger charge is 2.11. The lowest BCUT2D eigenvalue weighted by atomic mass is 10.2. The van der Waals surface area contributed by atoms with Gasteiger partial charge in [0.2, 0.25) is 0 Å². The summed E-state index contributed by atoms with van der Waals surface area (Å²) in [6, 6.07) is 11.4. The van der Waals surface area contributed by atoms with Crippen LogP contribution in [-0.4, -0.2) is 23.1 Å². The molecule has 0 unspecified atom stereocenters. The molecule has 1 N–H and O–H groups in total. The number of rotatable bonds is 3. The maximum atomic E-state index is 11.0. The summed E-state index contributed by atoms with van der Waals surface area (Å²) < 4.78 is 0. The molecule has 98 valence electrons. The van der Waals surface area contributed by atoms with Crippen LogP contribution in [0.4, 0.5) is 11.5 Å². The Balaban J connectivity index is 2.34. The zero-order chi connectivity index (χ0) is 14.0. The predicted octanol–water partition coefficient (Wildman–Crippen LogP) is 3.16. The fourth-order valence-corrected chi connectivity index (χ4v) is 1.86. The number of carboxylic acid groups (broad SMARTS) is 1. The Morgan fingerprint density at radius 2 is 1.74 bits per heavy atom. The molecule has 19 heavy (non-hydrogen) atoms. The number of aromatic nitrogens is 1. The SMILES string of the molecule is Cc1ccc(N(C)c2ccc(C(=O)O)c(C)n2)cc1. The molecule has 0 aliphatic heterocycles. The van der Waals surface area contributed by atoms with Crippen LogP contribution in [0.2, 0.25) is 0 Å². The van der Waals surface area contributed by atoms with Gasteiger partial charge in [0.05, 0.1) is 11.3 Å². The molecule has 0 amide bonds. The molecule has 0 atom stereocenters. The minimum Gasteiger partial charge on any atom is -0.478 e. The van der Waals surface area contributed by atoms with Crippen LogP contribution in [0.1, 0.15) is 21.6 Å². The lowest BCUT2D eigenvalue weighted by Gasteiger charge is -2.19. The van der Waals surface area contributed by atoms with E-state index in [0.717, 1.165) is 11.5 Å². The average molecular weight is 256 g/mol. The number of anilines is 2. The second-order valence-corrected chi connectivity index (χ2v) is 4.50. The van der Waals surface area contributed by atoms with Gasteiger partial charge >= 0.3 is 5.97 Å². The largest absolute Gasteiger partial charge is 0.478 e. The van der Waals surface area contributed by atoms with Crippen molar-refractivity contribution in [3.8, 4) is 0 Å². The van der Waals surface area contributed by atoms with E-state index in [4.69, 9.17) is 5.11 Å². The topological polar surface area (TPSA) is 53.4 Å². The van der Waals surface area contributed by atoms with Crippen LogP contribution in [0, 0.1) is 13.8 Å². The number of carbonyl (C=O) groups is 1. The quantitative estimate of drug-likeness (QED) is 0.916. The van der Waals surface area contributed by atoms with Gasteiger partial charge in [-0.2, -0.15) is 0 Å². The summed E-state index contributed by atoms with van der Waals surface area (Å²) in [6.07, 6.45) is 0. The van der Waals surface area contributed by atoms with Crippen molar-refractivity contribution in [3.05, 3.63) is 53.2 Å². The van der Waals surface area contributed by atoms with E-state index in [1.807, 2.05) is 43.1 Å². The van der Waals surface area contributed by atoms with Gasteiger partial charge in [-0.05, 0) is 38.1 Å². The van der Waals surface area contributed by atoms with Crippen LogP contribution < -0.4 is 4.90 Å². The van der Waals surface area contributed by atoms with Gasteiger partial charge in [0.1, 0.15) is 5.82 Å². The minimum atomic E-state index is -0.950. The standard InChI is InChI=1S/C15H16N2O2/c1-10-4-6-12(7-5-10)17(3)14-9-8-13(15(18)19)11(2)16-14/h4-9H,1-3H3,(H,18,19). The van der Waals surface area contributed by atoms with E-state index in [1.54, 1.807) is 19.1 Å². The molecule has 0 aliphatic rings. The predicted molar refractivity (Wildman–Crippen MR) is 75.2 cm³/mol. The number of nitrogens with zero attached hydrogens (tertiary/aromatic N) is 2. The molecule has 2 rings (SSSR count). The second-order valence-electron chi connectivity index (χ2n) is 4.50. The summed E-state index contributed by atoms with van der Waals surface area (Å²) in [4.78, 5) is 17.2. The summed E-state index contributed by atoms with van der Waals surface area (Å²) in [5, 5.41) is 8.99. The summed E-state index contributed by atoms with van der Waals surface area (Å²) in [6.45, 7) is 3.74. The van der Waals surface area contributed by atoms with E-state index in [0.29, 0.717) is 5.69 Å². The molecule has 0 fully saturated rings. The molecule has 0 spiro atoms. The zero-order valence-electron chi connectivity index (χ0n) is 11.2. The maximum absolute atomic E-state index is 11.0. The van der Waals surface area contributed by atoms with Crippen LogP contribution >= 0.6 is 0 Å². The van der Waals surface area contributed by atoms with E-state index < -0.39 is 5.97 Å². The summed E-state index contributed by atoms with van der Waals surface area (Å²) in [5.74, 6) is -0.221. The first kappa shape index (κ1) is 13.1. The molecule has 0 radical (unpaired) electrons. The molecule has 0 saturated carbocycles. The third-order valence-corrected chi connectivity index (χ3v) is 3.07. The second kappa shape index (κ2) is 5.10. The molecule has 1 aromatic carbocycles. The highest BCUT2D eigenvalue weighted by atomic mass is 16.4. The lowest BCUT2D eigenvalue weighted by Crippen LogP contribution is -2.13. The fraction of sp³-hybridized carbons (Fsp3) is 0.200. The van der Waals surface area contributed by atoms with Crippen molar-refractivity contribution in [2.24, 2.45) is 0 Å². The molecule has 1 heterocycles. The number of hydrogen-bond donors (Lipinski definition) is 1. The Labute approximate surface area is 112 Å². The van der Waals surface area contributed by atoms with E-state index in [1.165, 1.54) is 5.56 Å². The van der Waals surface area contributed by atoms with E-state index in [2.05, 4.69) is 4.98 Å². The number of aryl methyl sites for hydroxylation is 2.